The van der Waals surface area contributed by atoms with Crippen molar-refractivity contribution in [3.63, 3.8) is 0 Å². The van der Waals surface area contributed by atoms with E-state index in [1.807, 2.05) is 18.2 Å². The van der Waals surface area contributed by atoms with Gasteiger partial charge in [0.05, 0.1) is 6.04 Å². The van der Waals surface area contributed by atoms with E-state index < -0.39 is 0 Å². The summed E-state index contributed by atoms with van der Waals surface area (Å²) in [5.41, 5.74) is 3.29. The maximum absolute atomic E-state index is 10.1. The van der Waals surface area contributed by atoms with E-state index in [0.29, 0.717) is 5.75 Å². The van der Waals surface area contributed by atoms with Crippen LogP contribution in [0, 0.1) is 0 Å². The molecule has 21 heavy (non-hydrogen) atoms. The second-order valence-electron chi connectivity index (χ2n) is 4.96. The molecule has 112 valence electrons. The molecule has 4 heteroatoms. The zero-order valence-electron chi connectivity index (χ0n) is 12.2. The van der Waals surface area contributed by atoms with Crippen LogP contribution in [0.15, 0.2) is 45.3 Å². The standard InChI is InChI=1S/C17H19Br2NO/c1-3-11-9-12(18)5-7-16(11)20-15(4-2)14-10-13(19)6-8-17(14)21/h5-10,15,20-21H,3-4H2,1-2H3. The molecule has 2 nitrogen and oxygen atoms in total. The smallest absolute Gasteiger partial charge is 0.120 e. The van der Waals surface area contributed by atoms with E-state index in [2.05, 4.69) is 63.2 Å². The fourth-order valence-corrected chi connectivity index (χ4v) is 3.17. The average Bonchev–Trinajstić information content (AvgIpc) is 2.48. The van der Waals surface area contributed by atoms with Crippen LogP contribution in [0.25, 0.3) is 0 Å². The summed E-state index contributed by atoms with van der Waals surface area (Å²) in [5.74, 6) is 0.327. The highest BCUT2D eigenvalue weighted by atomic mass is 79.9. The van der Waals surface area contributed by atoms with Crippen LogP contribution in [-0.4, -0.2) is 5.11 Å². The van der Waals surface area contributed by atoms with Crippen LogP contribution in [0.1, 0.15) is 37.4 Å². The lowest BCUT2D eigenvalue weighted by atomic mass is 10.0. The quantitative estimate of drug-likeness (QED) is 0.626. The summed E-state index contributed by atoms with van der Waals surface area (Å²) in [6, 6.07) is 11.9. The molecule has 0 radical (unpaired) electrons. The van der Waals surface area contributed by atoms with Crippen LogP contribution in [0.3, 0.4) is 0 Å². The van der Waals surface area contributed by atoms with Crippen LogP contribution in [-0.2, 0) is 6.42 Å². The largest absolute Gasteiger partial charge is 0.508 e. The van der Waals surface area contributed by atoms with Gasteiger partial charge in [0.25, 0.3) is 0 Å². The first-order chi connectivity index (χ1) is 10.0. The molecule has 2 N–H and O–H groups in total. The van der Waals surface area contributed by atoms with Gasteiger partial charge >= 0.3 is 0 Å². The van der Waals surface area contributed by atoms with E-state index in [1.165, 1.54) is 5.56 Å². The minimum atomic E-state index is 0.0778. The van der Waals surface area contributed by atoms with E-state index >= 15 is 0 Å². The Hall–Kier alpha value is -1.00. The third-order valence-corrected chi connectivity index (χ3v) is 4.54. The number of aromatic hydroxyl groups is 1. The van der Waals surface area contributed by atoms with Crippen molar-refractivity contribution in [2.24, 2.45) is 0 Å². The van der Waals surface area contributed by atoms with Crippen molar-refractivity contribution in [1.29, 1.82) is 0 Å². The van der Waals surface area contributed by atoms with Crippen LogP contribution in [0.4, 0.5) is 5.69 Å². The fourth-order valence-electron chi connectivity index (χ4n) is 2.39. The summed E-state index contributed by atoms with van der Waals surface area (Å²) in [4.78, 5) is 0. The first kappa shape index (κ1) is 16.4. The minimum absolute atomic E-state index is 0.0778. The Morgan fingerprint density at radius 1 is 1.05 bits per heavy atom. The van der Waals surface area contributed by atoms with Crippen molar-refractivity contribution in [3.8, 4) is 5.75 Å². The average molecular weight is 413 g/mol. The first-order valence-corrected chi connectivity index (χ1v) is 8.67. The molecule has 2 rings (SSSR count). The van der Waals surface area contributed by atoms with Crippen LogP contribution >= 0.6 is 31.9 Å². The molecule has 0 saturated carbocycles. The molecule has 2 aromatic rings. The monoisotopic (exact) mass is 411 g/mol. The molecule has 0 saturated heterocycles. The molecule has 0 aromatic heterocycles. The van der Waals surface area contributed by atoms with Gasteiger partial charge in [0.1, 0.15) is 5.75 Å². The number of aryl methyl sites for hydroxylation is 1. The third kappa shape index (κ3) is 4.01. The van der Waals surface area contributed by atoms with Gasteiger partial charge < -0.3 is 10.4 Å². The minimum Gasteiger partial charge on any atom is -0.508 e. The molecule has 0 fully saturated rings. The number of nitrogens with one attached hydrogen (secondary N) is 1. The van der Waals surface area contributed by atoms with Gasteiger partial charge in [-0.25, -0.2) is 0 Å². The predicted octanol–water partition coefficient (Wildman–Crippen LogP) is 6.04. The maximum atomic E-state index is 10.1. The van der Waals surface area contributed by atoms with Crippen LogP contribution in [0.5, 0.6) is 5.75 Å². The zero-order chi connectivity index (χ0) is 15.4. The van der Waals surface area contributed by atoms with E-state index in [1.54, 1.807) is 6.07 Å². The molecular formula is C17H19Br2NO. The number of anilines is 1. The first-order valence-electron chi connectivity index (χ1n) is 7.08. The van der Waals surface area contributed by atoms with Crippen molar-refractivity contribution in [3.05, 3.63) is 56.5 Å². The second-order valence-corrected chi connectivity index (χ2v) is 6.79. The molecule has 0 aliphatic carbocycles. The molecule has 0 amide bonds. The van der Waals surface area contributed by atoms with Gasteiger partial charge in [-0.15, -0.1) is 0 Å². The Morgan fingerprint density at radius 2 is 1.71 bits per heavy atom. The molecule has 1 unspecified atom stereocenters. The van der Waals surface area contributed by atoms with Crippen LogP contribution in [0.2, 0.25) is 0 Å². The summed E-state index contributed by atoms with van der Waals surface area (Å²) >= 11 is 6.98. The van der Waals surface area contributed by atoms with E-state index in [-0.39, 0.29) is 6.04 Å². The van der Waals surface area contributed by atoms with Gasteiger partial charge in [-0.1, -0.05) is 45.7 Å². The number of hydrogen-bond acceptors (Lipinski definition) is 2. The van der Waals surface area contributed by atoms with Gasteiger partial charge in [-0.05, 0) is 54.8 Å². The third-order valence-electron chi connectivity index (χ3n) is 3.55. The SMILES string of the molecule is CCc1cc(Br)ccc1NC(CC)c1cc(Br)ccc1O. The number of halogens is 2. The molecular weight excluding hydrogens is 394 g/mol. The molecule has 0 spiro atoms. The molecule has 2 aromatic carbocycles. The summed E-state index contributed by atoms with van der Waals surface area (Å²) < 4.78 is 2.06. The lowest BCUT2D eigenvalue weighted by Gasteiger charge is -2.22. The summed E-state index contributed by atoms with van der Waals surface area (Å²) in [6.07, 6.45) is 1.85. The van der Waals surface area contributed by atoms with Gasteiger partial charge in [-0.3, -0.25) is 0 Å². The number of rotatable bonds is 5. The summed E-state index contributed by atoms with van der Waals surface area (Å²) in [7, 11) is 0. The van der Waals surface area contributed by atoms with E-state index in [0.717, 1.165) is 33.0 Å². The summed E-state index contributed by atoms with van der Waals surface area (Å²) in [6.45, 7) is 4.26. The van der Waals surface area contributed by atoms with E-state index in [9.17, 15) is 5.11 Å². The molecule has 0 aliphatic rings. The van der Waals surface area contributed by atoms with Crippen molar-refractivity contribution < 1.29 is 5.11 Å². The highest BCUT2D eigenvalue weighted by Gasteiger charge is 2.15. The molecule has 0 aliphatic heterocycles. The van der Waals surface area contributed by atoms with E-state index in [4.69, 9.17) is 0 Å². The van der Waals surface area contributed by atoms with Gasteiger partial charge in [-0.2, -0.15) is 0 Å². The van der Waals surface area contributed by atoms with Crippen molar-refractivity contribution in [2.75, 3.05) is 5.32 Å². The van der Waals surface area contributed by atoms with Gasteiger partial charge in [0.2, 0.25) is 0 Å². The zero-order valence-corrected chi connectivity index (χ0v) is 15.3. The molecule has 1 atom stereocenters. The second kappa shape index (κ2) is 7.32. The number of phenols is 1. The Kier molecular flexibility index (Phi) is 5.71. The molecule has 0 heterocycles. The number of phenolic OH excluding ortho intramolecular Hbond substituents is 1. The van der Waals surface area contributed by atoms with Gasteiger partial charge in [0, 0.05) is 20.2 Å². The Morgan fingerprint density at radius 3 is 2.38 bits per heavy atom. The number of benzene rings is 2. The Bertz CT molecular complexity index is 628. The van der Waals surface area contributed by atoms with Crippen molar-refractivity contribution in [1.82, 2.24) is 0 Å². The Labute approximate surface area is 142 Å². The van der Waals surface area contributed by atoms with Gasteiger partial charge in [0.15, 0.2) is 0 Å². The fraction of sp³-hybridized carbons (Fsp3) is 0.294. The number of hydrogen-bond donors (Lipinski definition) is 2. The lowest BCUT2D eigenvalue weighted by molar-refractivity contribution is 0.462. The highest BCUT2D eigenvalue weighted by Crippen LogP contribution is 2.33. The summed E-state index contributed by atoms with van der Waals surface area (Å²) in [5, 5.41) is 13.7. The Balaban J connectivity index is 2.33. The molecule has 0 bridgehead atoms. The normalized spacial score (nSPS) is 12.2. The van der Waals surface area contributed by atoms with Crippen molar-refractivity contribution >= 4 is 37.5 Å². The highest BCUT2D eigenvalue weighted by molar-refractivity contribution is 9.10. The lowest BCUT2D eigenvalue weighted by Crippen LogP contribution is -2.11. The predicted molar refractivity (Wildman–Crippen MR) is 96.0 cm³/mol. The van der Waals surface area contributed by atoms with Crippen molar-refractivity contribution in [2.45, 2.75) is 32.7 Å². The maximum Gasteiger partial charge on any atom is 0.120 e. The van der Waals surface area contributed by atoms with Crippen LogP contribution < -0.4 is 5.32 Å². The topological polar surface area (TPSA) is 32.3 Å².